The highest BCUT2D eigenvalue weighted by Gasteiger charge is 2.20. The highest BCUT2D eigenvalue weighted by atomic mass is 16.3. The number of rotatable bonds is 7. The van der Waals surface area contributed by atoms with Crippen LogP contribution < -0.4 is 5.32 Å². The largest absolute Gasteiger partial charge is 0.396 e. The summed E-state index contributed by atoms with van der Waals surface area (Å²) in [5.41, 5.74) is -0.000723. The van der Waals surface area contributed by atoms with Gasteiger partial charge in [-0.15, -0.1) is 0 Å². The third-order valence-electron chi connectivity index (χ3n) is 3.26. The number of imidazole rings is 1. The van der Waals surface area contributed by atoms with E-state index >= 15 is 0 Å². The van der Waals surface area contributed by atoms with Crippen molar-refractivity contribution < 1.29 is 5.11 Å². The zero-order valence-corrected chi connectivity index (χ0v) is 10.5. The van der Waals surface area contributed by atoms with Crippen molar-refractivity contribution in [3.8, 4) is 0 Å². The van der Waals surface area contributed by atoms with Crippen molar-refractivity contribution in [2.75, 3.05) is 6.61 Å². The molecule has 92 valence electrons. The lowest BCUT2D eigenvalue weighted by atomic mass is 9.95. The molecule has 4 nitrogen and oxygen atoms in total. The molecular formula is C12H23N3O. The second-order valence-corrected chi connectivity index (χ2v) is 4.37. The zero-order valence-electron chi connectivity index (χ0n) is 10.5. The molecule has 1 rings (SSSR count). The topological polar surface area (TPSA) is 50.1 Å². The first-order valence-electron chi connectivity index (χ1n) is 6.01. The summed E-state index contributed by atoms with van der Waals surface area (Å²) >= 11 is 0. The molecule has 1 heterocycles. The summed E-state index contributed by atoms with van der Waals surface area (Å²) in [6.45, 7) is 8.31. The molecule has 0 aliphatic heterocycles. The minimum atomic E-state index is -0.000723. The number of aliphatic hydroxyl groups excluding tert-OH is 1. The monoisotopic (exact) mass is 225 g/mol. The normalized spacial score (nSPS) is 15.0. The molecule has 0 saturated carbocycles. The second kappa shape index (κ2) is 6.01. The first-order valence-corrected chi connectivity index (χ1v) is 6.01. The molecule has 0 radical (unpaired) electrons. The molecule has 0 spiro atoms. The predicted molar refractivity (Wildman–Crippen MR) is 65.1 cm³/mol. The Morgan fingerprint density at radius 2 is 2.25 bits per heavy atom. The summed E-state index contributed by atoms with van der Waals surface area (Å²) < 4.78 is 2.13. The van der Waals surface area contributed by atoms with Gasteiger partial charge in [0.05, 0.1) is 6.54 Å². The van der Waals surface area contributed by atoms with Gasteiger partial charge in [0.15, 0.2) is 0 Å². The van der Waals surface area contributed by atoms with Crippen LogP contribution in [0.1, 0.15) is 39.4 Å². The van der Waals surface area contributed by atoms with Crippen molar-refractivity contribution in [3.05, 3.63) is 18.2 Å². The molecule has 0 fully saturated rings. The fourth-order valence-corrected chi connectivity index (χ4v) is 1.72. The number of nitrogens with zero attached hydrogens (tertiary/aromatic N) is 2. The molecule has 1 atom stereocenters. The molecule has 0 aliphatic rings. The van der Waals surface area contributed by atoms with Crippen LogP contribution in [-0.2, 0) is 13.1 Å². The number of hydrogen-bond donors (Lipinski definition) is 2. The van der Waals surface area contributed by atoms with Crippen LogP contribution in [0.25, 0.3) is 0 Å². The molecule has 0 saturated heterocycles. The van der Waals surface area contributed by atoms with Crippen molar-refractivity contribution in [1.29, 1.82) is 0 Å². The molecule has 2 N–H and O–H groups in total. The van der Waals surface area contributed by atoms with E-state index in [0.29, 0.717) is 0 Å². The van der Waals surface area contributed by atoms with Crippen LogP contribution in [-0.4, -0.2) is 26.8 Å². The minimum absolute atomic E-state index is 0.000723. The van der Waals surface area contributed by atoms with Gasteiger partial charge in [-0.2, -0.15) is 0 Å². The van der Waals surface area contributed by atoms with Crippen LogP contribution in [0.3, 0.4) is 0 Å². The van der Waals surface area contributed by atoms with Crippen LogP contribution in [0.2, 0.25) is 0 Å². The quantitative estimate of drug-likeness (QED) is 0.740. The highest BCUT2D eigenvalue weighted by molar-refractivity contribution is 4.94. The molecular weight excluding hydrogens is 202 g/mol. The van der Waals surface area contributed by atoms with Gasteiger partial charge in [0, 0.05) is 31.1 Å². The Bertz CT molecular complexity index is 311. The van der Waals surface area contributed by atoms with E-state index in [9.17, 15) is 0 Å². The first-order chi connectivity index (χ1) is 7.65. The van der Waals surface area contributed by atoms with Crippen molar-refractivity contribution in [2.45, 2.75) is 52.2 Å². The molecule has 16 heavy (non-hydrogen) atoms. The summed E-state index contributed by atoms with van der Waals surface area (Å²) in [4.78, 5) is 4.32. The minimum Gasteiger partial charge on any atom is -0.396 e. The summed E-state index contributed by atoms with van der Waals surface area (Å²) in [6.07, 6.45) is 5.60. The molecule has 4 heteroatoms. The molecule has 1 aromatic rings. The lowest BCUT2D eigenvalue weighted by molar-refractivity contribution is 0.213. The summed E-state index contributed by atoms with van der Waals surface area (Å²) in [7, 11) is 0. The molecule has 0 aliphatic carbocycles. The van der Waals surface area contributed by atoms with Gasteiger partial charge < -0.3 is 15.0 Å². The predicted octanol–water partition coefficient (Wildman–Crippen LogP) is 1.54. The van der Waals surface area contributed by atoms with Crippen molar-refractivity contribution >= 4 is 0 Å². The number of aryl methyl sites for hydroxylation is 1. The molecule has 0 aromatic carbocycles. The van der Waals surface area contributed by atoms with E-state index < -0.39 is 0 Å². The van der Waals surface area contributed by atoms with Crippen LogP contribution in [0.5, 0.6) is 0 Å². The number of nitrogens with one attached hydrogen (secondary N) is 1. The average molecular weight is 225 g/mol. The van der Waals surface area contributed by atoms with E-state index in [1.807, 2.05) is 12.4 Å². The van der Waals surface area contributed by atoms with Crippen LogP contribution in [0.4, 0.5) is 0 Å². The number of aromatic nitrogens is 2. The zero-order chi connectivity index (χ0) is 12.0. The average Bonchev–Trinajstić information content (AvgIpc) is 2.74. The Labute approximate surface area is 97.7 Å². The van der Waals surface area contributed by atoms with E-state index in [2.05, 4.69) is 35.6 Å². The van der Waals surface area contributed by atoms with Gasteiger partial charge in [-0.3, -0.25) is 0 Å². The smallest absolute Gasteiger partial charge is 0.122 e. The van der Waals surface area contributed by atoms with Gasteiger partial charge in [-0.1, -0.05) is 6.92 Å². The Morgan fingerprint density at radius 3 is 2.81 bits per heavy atom. The lowest BCUT2D eigenvalue weighted by Crippen LogP contribution is -2.42. The fourth-order valence-electron chi connectivity index (χ4n) is 1.72. The molecule has 1 unspecified atom stereocenters. The van der Waals surface area contributed by atoms with E-state index in [1.165, 1.54) is 0 Å². The van der Waals surface area contributed by atoms with Gasteiger partial charge in [0.2, 0.25) is 0 Å². The summed E-state index contributed by atoms with van der Waals surface area (Å²) in [5.74, 6) is 1.06. The lowest BCUT2D eigenvalue weighted by Gasteiger charge is -2.29. The summed E-state index contributed by atoms with van der Waals surface area (Å²) in [5, 5.41) is 12.5. The third-order valence-corrected chi connectivity index (χ3v) is 3.26. The van der Waals surface area contributed by atoms with Gasteiger partial charge in [-0.05, 0) is 26.7 Å². The second-order valence-electron chi connectivity index (χ2n) is 4.37. The van der Waals surface area contributed by atoms with Gasteiger partial charge in [0.25, 0.3) is 0 Å². The standard InChI is InChI=1S/C12H23N3O/c1-4-12(3,6-9-16)14-10-11-13-7-8-15(11)5-2/h7-8,14,16H,4-6,9-10H2,1-3H3. The Hall–Kier alpha value is -0.870. The maximum atomic E-state index is 9.03. The third kappa shape index (κ3) is 3.32. The van der Waals surface area contributed by atoms with Gasteiger partial charge in [0.1, 0.15) is 5.82 Å². The SMILES string of the molecule is CCn1ccnc1CNC(C)(CC)CCO. The Kier molecular flexibility index (Phi) is 4.96. The highest BCUT2D eigenvalue weighted by Crippen LogP contribution is 2.14. The van der Waals surface area contributed by atoms with Gasteiger partial charge >= 0.3 is 0 Å². The van der Waals surface area contributed by atoms with E-state index in [-0.39, 0.29) is 12.1 Å². The van der Waals surface area contributed by atoms with Crippen molar-refractivity contribution in [3.63, 3.8) is 0 Å². The number of hydrogen-bond acceptors (Lipinski definition) is 3. The molecule has 0 bridgehead atoms. The van der Waals surface area contributed by atoms with E-state index in [0.717, 1.165) is 31.8 Å². The Balaban J connectivity index is 2.55. The number of aliphatic hydroxyl groups is 1. The van der Waals surface area contributed by atoms with Crippen molar-refractivity contribution in [1.82, 2.24) is 14.9 Å². The first kappa shape index (κ1) is 13.2. The van der Waals surface area contributed by atoms with E-state index in [1.54, 1.807) is 0 Å². The fraction of sp³-hybridized carbons (Fsp3) is 0.750. The molecule has 0 amide bonds. The summed E-state index contributed by atoms with van der Waals surface area (Å²) in [6, 6.07) is 0. The van der Waals surface area contributed by atoms with Crippen molar-refractivity contribution in [2.24, 2.45) is 0 Å². The van der Waals surface area contributed by atoms with Crippen LogP contribution in [0, 0.1) is 0 Å². The molecule has 1 aromatic heterocycles. The van der Waals surface area contributed by atoms with Crippen LogP contribution >= 0.6 is 0 Å². The van der Waals surface area contributed by atoms with Crippen LogP contribution in [0.15, 0.2) is 12.4 Å². The van der Waals surface area contributed by atoms with E-state index in [4.69, 9.17) is 5.11 Å². The Morgan fingerprint density at radius 1 is 1.50 bits per heavy atom. The maximum Gasteiger partial charge on any atom is 0.122 e. The van der Waals surface area contributed by atoms with Gasteiger partial charge in [-0.25, -0.2) is 4.98 Å². The maximum absolute atomic E-state index is 9.03.